The Kier molecular flexibility index (Phi) is 5.60. The van der Waals surface area contributed by atoms with Gasteiger partial charge < -0.3 is 5.32 Å². The molecule has 140 valence electrons. The first-order chi connectivity index (χ1) is 12.4. The van der Waals surface area contributed by atoms with E-state index in [0.717, 1.165) is 36.8 Å². The van der Waals surface area contributed by atoms with Gasteiger partial charge in [-0.3, -0.25) is 9.48 Å². The number of amides is 1. The van der Waals surface area contributed by atoms with Gasteiger partial charge in [0.2, 0.25) is 0 Å². The average Bonchev–Trinajstić information content (AvgIpc) is 3.24. The molecular formula is C18H20F3N3OS. The SMILES string of the molecule is CSc1cccc(NC(=O)c2c(C(F)(F)F)cnn2CC2CCCC2)c1. The molecule has 2 aromatic rings. The van der Waals surface area contributed by atoms with Crippen LogP contribution in [-0.2, 0) is 12.7 Å². The van der Waals surface area contributed by atoms with Crippen molar-refractivity contribution >= 4 is 23.4 Å². The molecule has 1 amide bonds. The van der Waals surface area contributed by atoms with Crippen LogP contribution < -0.4 is 5.32 Å². The van der Waals surface area contributed by atoms with Crippen molar-refractivity contribution in [3.63, 3.8) is 0 Å². The van der Waals surface area contributed by atoms with Gasteiger partial charge in [0, 0.05) is 17.1 Å². The third-order valence-corrected chi connectivity index (χ3v) is 5.32. The van der Waals surface area contributed by atoms with Crippen LogP contribution in [0.15, 0.2) is 35.4 Å². The first-order valence-corrected chi connectivity index (χ1v) is 9.69. The number of carbonyl (C=O) groups is 1. The molecule has 1 N–H and O–H groups in total. The molecule has 1 aliphatic carbocycles. The van der Waals surface area contributed by atoms with Crippen molar-refractivity contribution in [2.75, 3.05) is 11.6 Å². The van der Waals surface area contributed by atoms with Crippen LogP contribution in [0.5, 0.6) is 0 Å². The van der Waals surface area contributed by atoms with Crippen molar-refractivity contribution in [3.05, 3.63) is 41.7 Å². The molecule has 0 aliphatic heterocycles. The molecule has 1 aromatic carbocycles. The summed E-state index contributed by atoms with van der Waals surface area (Å²) >= 11 is 1.49. The minimum Gasteiger partial charge on any atom is -0.321 e. The van der Waals surface area contributed by atoms with E-state index in [1.54, 1.807) is 18.2 Å². The Morgan fingerprint density at radius 1 is 1.35 bits per heavy atom. The van der Waals surface area contributed by atoms with Gasteiger partial charge in [0.25, 0.3) is 5.91 Å². The van der Waals surface area contributed by atoms with E-state index >= 15 is 0 Å². The quantitative estimate of drug-likeness (QED) is 0.734. The van der Waals surface area contributed by atoms with Crippen LogP contribution in [0.2, 0.25) is 0 Å². The highest BCUT2D eigenvalue weighted by Gasteiger charge is 2.39. The molecule has 0 radical (unpaired) electrons. The number of anilines is 1. The van der Waals surface area contributed by atoms with Crippen molar-refractivity contribution in [1.82, 2.24) is 9.78 Å². The van der Waals surface area contributed by atoms with Gasteiger partial charge in [0.15, 0.2) is 0 Å². The van der Waals surface area contributed by atoms with Crippen LogP contribution in [0.25, 0.3) is 0 Å². The number of halogens is 3. The second-order valence-corrected chi connectivity index (χ2v) is 7.30. The highest BCUT2D eigenvalue weighted by atomic mass is 32.2. The Labute approximate surface area is 154 Å². The van der Waals surface area contributed by atoms with E-state index < -0.39 is 23.3 Å². The smallest absolute Gasteiger partial charge is 0.321 e. The maximum Gasteiger partial charge on any atom is 0.420 e. The summed E-state index contributed by atoms with van der Waals surface area (Å²) in [7, 11) is 0. The Morgan fingerprint density at radius 3 is 2.73 bits per heavy atom. The van der Waals surface area contributed by atoms with Gasteiger partial charge in [-0.2, -0.15) is 18.3 Å². The van der Waals surface area contributed by atoms with Gasteiger partial charge in [-0.15, -0.1) is 11.8 Å². The fourth-order valence-corrected chi connectivity index (χ4v) is 3.76. The van der Waals surface area contributed by atoms with E-state index in [4.69, 9.17) is 0 Å². The molecule has 1 fully saturated rings. The lowest BCUT2D eigenvalue weighted by atomic mass is 10.1. The zero-order chi connectivity index (χ0) is 18.7. The molecule has 0 saturated heterocycles. The molecule has 1 aromatic heterocycles. The fraction of sp³-hybridized carbons (Fsp3) is 0.444. The minimum atomic E-state index is -4.62. The predicted octanol–water partition coefficient (Wildman–Crippen LogP) is 5.07. The molecule has 8 heteroatoms. The maximum absolute atomic E-state index is 13.4. The zero-order valence-corrected chi connectivity index (χ0v) is 15.2. The van der Waals surface area contributed by atoms with Gasteiger partial charge in [0.05, 0.1) is 6.20 Å². The highest BCUT2D eigenvalue weighted by molar-refractivity contribution is 7.98. The van der Waals surface area contributed by atoms with Crippen LogP contribution in [0.4, 0.5) is 18.9 Å². The van der Waals surface area contributed by atoms with E-state index in [-0.39, 0.29) is 5.92 Å². The van der Waals surface area contributed by atoms with E-state index in [0.29, 0.717) is 12.2 Å². The molecule has 1 aliphatic rings. The van der Waals surface area contributed by atoms with E-state index in [2.05, 4.69) is 10.4 Å². The molecule has 26 heavy (non-hydrogen) atoms. The van der Waals surface area contributed by atoms with E-state index in [1.165, 1.54) is 16.4 Å². The Bertz CT molecular complexity index is 782. The summed E-state index contributed by atoms with van der Waals surface area (Å²) in [5.74, 6) is -0.520. The summed E-state index contributed by atoms with van der Waals surface area (Å²) in [6, 6.07) is 7.00. The van der Waals surface area contributed by atoms with Gasteiger partial charge in [-0.05, 0) is 43.2 Å². The molecule has 1 saturated carbocycles. The van der Waals surface area contributed by atoms with E-state index in [1.807, 2.05) is 12.3 Å². The molecule has 0 bridgehead atoms. The number of benzene rings is 1. The first-order valence-electron chi connectivity index (χ1n) is 8.47. The largest absolute Gasteiger partial charge is 0.420 e. The van der Waals surface area contributed by atoms with Crippen molar-refractivity contribution < 1.29 is 18.0 Å². The highest BCUT2D eigenvalue weighted by Crippen LogP contribution is 2.34. The number of carbonyl (C=O) groups excluding carboxylic acids is 1. The standard InChI is InChI=1S/C18H20F3N3OS/c1-26-14-8-4-7-13(9-14)23-17(25)16-15(18(19,20)21)10-22-24(16)11-12-5-2-3-6-12/h4,7-10,12H,2-3,5-6,11H2,1H3,(H,23,25). The van der Waals surface area contributed by atoms with Crippen LogP contribution in [0.1, 0.15) is 41.7 Å². The normalized spacial score (nSPS) is 15.4. The Morgan fingerprint density at radius 2 is 2.08 bits per heavy atom. The summed E-state index contributed by atoms with van der Waals surface area (Å²) in [5.41, 5.74) is -0.948. The van der Waals surface area contributed by atoms with Crippen molar-refractivity contribution in [2.45, 2.75) is 43.3 Å². The lowest BCUT2D eigenvalue weighted by Crippen LogP contribution is -2.23. The van der Waals surface area contributed by atoms with Crippen LogP contribution in [0, 0.1) is 5.92 Å². The molecule has 0 unspecified atom stereocenters. The second-order valence-electron chi connectivity index (χ2n) is 6.42. The number of thioether (sulfide) groups is 1. The molecular weight excluding hydrogens is 363 g/mol. The first kappa shape index (κ1) is 18.8. The summed E-state index contributed by atoms with van der Waals surface area (Å²) in [5, 5.41) is 6.46. The third-order valence-electron chi connectivity index (χ3n) is 4.59. The number of hydrogen-bond donors (Lipinski definition) is 1. The lowest BCUT2D eigenvalue weighted by Gasteiger charge is -2.15. The molecule has 4 nitrogen and oxygen atoms in total. The maximum atomic E-state index is 13.4. The number of nitrogens with zero attached hydrogens (tertiary/aromatic N) is 2. The number of aromatic nitrogens is 2. The van der Waals surface area contributed by atoms with Crippen LogP contribution in [0.3, 0.4) is 0 Å². The molecule has 3 rings (SSSR count). The number of alkyl halides is 3. The monoisotopic (exact) mass is 383 g/mol. The lowest BCUT2D eigenvalue weighted by molar-refractivity contribution is -0.138. The van der Waals surface area contributed by atoms with Crippen molar-refractivity contribution in [1.29, 1.82) is 0 Å². The van der Waals surface area contributed by atoms with Crippen molar-refractivity contribution in [3.8, 4) is 0 Å². The van der Waals surface area contributed by atoms with E-state index in [9.17, 15) is 18.0 Å². The number of hydrogen-bond acceptors (Lipinski definition) is 3. The summed E-state index contributed by atoms with van der Waals surface area (Å²) < 4.78 is 41.3. The summed E-state index contributed by atoms with van der Waals surface area (Å²) in [6.45, 7) is 0.337. The topological polar surface area (TPSA) is 46.9 Å². The van der Waals surface area contributed by atoms with Crippen molar-refractivity contribution in [2.24, 2.45) is 5.92 Å². The average molecular weight is 383 g/mol. The molecule has 0 atom stereocenters. The third kappa shape index (κ3) is 4.23. The predicted molar refractivity (Wildman–Crippen MR) is 95.4 cm³/mol. The number of rotatable bonds is 5. The van der Waals surface area contributed by atoms with Gasteiger partial charge in [-0.1, -0.05) is 18.9 Å². The minimum absolute atomic E-state index is 0.266. The van der Waals surface area contributed by atoms with Gasteiger partial charge in [-0.25, -0.2) is 0 Å². The molecule has 1 heterocycles. The van der Waals surface area contributed by atoms with Crippen LogP contribution >= 0.6 is 11.8 Å². The Hall–Kier alpha value is -1.96. The van der Waals surface area contributed by atoms with Gasteiger partial charge >= 0.3 is 6.18 Å². The van der Waals surface area contributed by atoms with Crippen LogP contribution in [-0.4, -0.2) is 21.9 Å². The number of nitrogens with one attached hydrogen (secondary N) is 1. The zero-order valence-electron chi connectivity index (χ0n) is 14.3. The van der Waals surface area contributed by atoms with Gasteiger partial charge in [0.1, 0.15) is 11.3 Å². The second kappa shape index (κ2) is 7.73. The summed E-state index contributed by atoms with van der Waals surface area (Å²) in [6.07, 6.45) is 2.07. The summed E-state index contributed by atoms with van der Waals surface area (Å²) in [4.78, 5) is 13.6. The molecule has 0 spiro atoms. The Balaban J connectivity index is 1.89. The fourth-order valence-electron chi connectivity index (χ4n) is 3.30.